The van der Waals surface area contributed by atoms with E-state index < -0.39 is 0 Å². The molecule has 0 heterocycles. The van der Waals surface area contributed by atoms with Crippen molar-refractivity contribution in [2.24, 2.45) is 0 Å². The number of hydrogen-bond donors (Lipinski definition) is 1. The maximum Gasteiger partial charge on any atom is 0.173 e. The van der Waals surface area contributed by atoms with Crippen molar-refractivity contribution in [1.82, 2.24) is 4.90 Å². The van der Waals surface area contributed by atoms with Crippen LogP contribution in [0.5, 0.6) is 0 Å². The fraction of sp³-hybridized carbons (Fsp3) is 0.316. The lowest BCUT2D eigenvalue weighted by atomic mass is 10.1. The number of hydrogen-bond acceptors (Lipinski definition) is 2. The average Bonchev–Trinajstić information content (AvgIpc) is 2.51. The summed E-state index contributed by atoms with van der Waals surface area (Å²) in [6.07, 6.45) is 0. The molecule has 0 aliphatic heterocycles. The monoisotopic (exact) mass is 361 g/mol. The minimum Gasteiger partial charge on any atom is -0.378 e. The summed E-state index contributed by atoms with van der Waals surface area (Å²) in [5.74, 6) is 0. The second-order valence-corrected chi connectivity index (χ2v) is 7.08. The first-order chi connectivity index (χ1) is 11.3. The number of anilines is 2. The first-order valence-corrected chi connectivity index (χ1v) is 8.61. The molecule has 0 spiro atoms. The number of nitrogens with one attached hydrogen (secondary N) is 1. The molecule has 3 nitrogen and oxygen atoms in total. The highest BCUT2D eigenvalue weighted by atomic mass is 35.5. The molecule has 2 aromatic rings. The molecule has 24 heavy (non-hydrogen) atoms. The fourth-order valence-electron chi connectivity index (χ4n) is 2.52. The predicted octanol–water partition coefficient (Wildman–Crippen LogP) is 4.85. The van der Waals surface area contributed by atoms with Gasteiger partial charge in [-0.05, 0) is 61.0 Å². The van der Waals surface area contributed by atoms with Crippen LogP contribution in [0, 0.1) is 13.8 Å². The summed E-state index contributed by atoms with van der Waals surface area (Å²) in [5.41, 5.74) is 5.50. The second kappa shape index (κ2) is 7.86. The third-order valence-electron chi connectivity index (χ3n) is 3.88. The van der Waals surface area contributed by atoms with Crippen molar-refractivity contribution in [3.8, 4) is 0 Å². The summed E-state index contributed by atoms with van der Waals surface area (Å²) in [4.78, 5) is 4.09. The first-order valence-electron chi connectivity index (χ1n) is 7.83. The number of nitrogens with zero attached hydrogens (tertiary/aromatic N) is 2. The van der Waals surface area contributed by atoms with E-state index in [4.69, 9.17) is 23.8 Å². The molecular formula is C19H24ClN3S. The molecule has 2 aromatic carbocycles. The molecule has 0 amide bonds. The Morgan fingerprint density at radius 1 is 1.08 bits per heavy atom. The molecule has 0 atom stereocenters. The summed E-state index contributed by atoms with van der Waals surface area (Å²) in [6, 6.07) is 12.5. The van der Waals surface area contributed by atoms with E-state index in [1.54, 1.807) is 0 Å². The molecule has 0 aliphatic carbocycles. The van der Waals surface area contributed by atoms with Gasteiger partial charge in [0.25, 0.3) is 0 Å². The van der Waals surface area contributed by atoms with Gasteiger partial charge in [-0.15, -0.1) is 0 Å². The Balaban J connectivity index is 2.05. The Morgan fingerprint density at radius 2 is 1.71 bits per heavy atom. The number of benzene rings is 2. The quantitative estimate of drug-likeness (QED) is 0.784. The molecule has 2 rings (SSSR count). The van der Waals surface area contributed by atoms with Crippen LogP contribution < -0.4 is 10.2 Å². The zero-order valence-corrected chi connectivity index (χ0v) is 16.4. The summed E-state index contributed by atoms with van der Waals surface area (Å²) < 4.78 is 0. The third-order valence-corrected chi connectivity index (χ3v) is 4.59. The van der Waals surface area contributed by atoms with E-state index in [1.165, 1.54) is 11.3 Å². The molecule has 0 saturated carbocycles. The Kier molecular flexibility index (Phi) is 6.08. The van der Waals surface area contributed by atoms with Crippen LogP contribution in [0.2, 0.25) is 5.02 Å². The van der Waals surface area contributed by atoms with E-state index in [1.807, 2.05) is 46.0 Å². The normalized spacial score (nSPS) is 10.4. The number of rotatable bonds is 4. The van der Waals surface area contributed by atoms with E-state index in [-0.39, 0.29) is 0 Å². The van der Waals surface area contributed by atoms with Crippen LogP contribution >= 0.6 is 23.8 Å². The van der Waals surface area contributed by atoms with Crippen molar-refractivity contribution in [1.29, 1.82) is 0 Å². The van der Waals surface area contributed by atoms with Gasteiger partial charge in [0.15, 0.2) is 5.11 Å². The summed E-state index contributed by atoms with van der Waals surface area (Å²) in [7, 11) is 6.05. The Morgan fingerprint density at radius 3 is 2.25 bits per heavy atom. The minimum atomic E-state index is 0.653. The van der Waals surface area contributed by atoms with Gasteiger partial charge >= 0.3 is 0 Å². The molecule has 0 aromatic heterocycles. The van der Waals surface area contributed by atoms with Crippen LogP contribution in [0.25, 0.3) is 0 Å². The van der Waals surface area contributed by atoms with E-state index >= 15 is 0 Å². The number of aryl methyl sites for hydroxylation is 2. The molecular weight excluding hydrogens is 338 g/mol. The predicted molar refractivity (Wildman–Crippen MR) is 109 cm³/mol. The van der Waals surface area contributed by atoms with E-state index in [0.717, 1.165) is 23.4 Å². The van der Waals surface area contributed by atoms with Crippen molar-refractivity contribution in [2.45, 2.75) is 20.4 Å². The Bertz CT molecular complexity index is 703. The highest BCUT2D eigenvalue weighted by Gasteiger charge is 2.11. The zero-order valence-electron chi connectivity index (χ0n) is 14.9. The maximum atomic E-state index is 6.35. The molecule has 0 aliphatic rings. The minimum absolute atomic E-state index is 0.653. The molecule has 0 unspecified atom stereocenters. The molecule has 0 saturated heterocycles. The van der Waals surface area contributed by atoms with Crippen molar-refractivity contribution in [3.05, 3.63) is 58.1 Å². The number of thiocarbonyl (C=S) groups is 1. The zero-order chi connectivity index (χ0) is 17.9. The Hall–Kier alpha value is -1.78. The standard InChI is InChI=1S/C19H24ClN3S/c1-13-10-14(2)18(17(20)11-13)21-19(24)23(5)12-15-6-8-16(9-7-15)22(3)4/h6-11H,12H2,1-5H3,(H,21,24). The van der Waals surface area contributed by atoms with Gasteiger partial charge in [-0.25, -0.2) is 0 Å². The first kappa shape index (κ1) is 18.6. The van der Waals surface area contributed by atoms with Gasteiger partial charge in [0.05, 0.1) is 10.7 Å². The molecule has 0 fully saturated rings. The molecule has 5 heteroatoms. The second-order valence-electron chi connectivity index (χ2n) is 6.29. The van der Waals surface area contributed by atoms with Crippen LogP contribution in [0.1, 0.15) is 16.7 Å². The van der Waals surface area contributed by atoms with Gasteiger partial charge in [0, 0.05) is 33.4 Å². The molecule has 128 valence electrons. The number of halogens is 1. The lowest BCUT2D eigenvalue weighted by Crippen LogP contribution is -2.31. The van der Waals surface area contributed by atoms with Crippen LogP contribution in [-0.4, -0.2) is 31.2 Å². The molecule has 1 N–H and O–H groups in total. The smallest absolute Gasteiger partial charge is 0.173 e. The van der Waals surface area contributed by atoms with E-state index in [9.17, 15) is 0 Å². The highest BCUT2D eigenvalue weighted by Crippen LogP contribution is 2.27. The molecule has 0 bridgehead atoms. The van der Waals surface area contributed by atoms with Crippen molar-refractivity contribution in [3.63, 3.8) is 0 Å². The van der Waals surface area contributed by atoms with E-state index in [0.29, 0.717) is 10.1 Å². The van der Waals surface area contributed by atoms with E-state index in [2.05, 4.69) is 40.5 Å². The topological polar surface area (TPSA) is 18.5 Å². The van der Waals surface area contributed by atoms with Crippen molar-refractivity contribution >= 4 is 40.3 Å². The Labute approximate surface area is 155 Å². The van der Waals surface area contributed by atoms with Crippen molar-refractivity contribution < 1.29 is 0 Å². The average molecular weight is 362 g/mol. The lowest BCUT2D eigenvalue weighted by molar-refractivity contribution is 0.508. The largest absolute Gasteiger partial charge is 0.378 e. The maximum absolute atomic E-state index is 6.35. The lowest BCUT2D eigenvalue weighted by Gasteiger charge is -2.23. The van der Waals surface area contributed by atoms with Gasteiger partial charge in [-0.3, -0.25) is 0 Å². The van der Waals surface area contributed by atoms with Crippen LogP contribution in [-0.2, 0) is 6.54 Å². The molecule has 0 radical (unpaired) electrons. The van der Waals surface area contributed by atoms with Gasteiger partial charge in [-0.1, -0.05) is 29.8 Å². The van der Waals surface area contributed by atoms with Gasteiger partial charge in [0.1, 0.15) is 0 Å². The van der Waals surface area contributed by atoms with Crippen molar-refractivity contribution in [2.75, 3.05) is 31.4 Å². The van der Waals surface area contributed by atoms with Gasteiger partial charge in [0.2, 0.25) is 0 Å². The fourth-order valence-corrected chi connectivity index (χ4v) is 3.06. The van der Waals surface area contributed by atoms with Gasteiger partial charge in [-0.2, -0.15) is 0 Å². The van der Waals surface area contributed by atoms with Crippen LogP contribution in [0.4, 0.5) is 11.4 Å². The highest BCUT2D eigenvalue weighted by molar-refractivity contribution is 7.80. The van der Waals surface area contributed by atoms with Gasteiger partial charge < -0.3 is 15.1 Å². The SMILES string of the molecule is Cc1cc(C)c(NC(=S)N(C)Cc2ccc(N(C)C)cc2)c(Cl)c1. The van der Waals surface area contributed by atoms with Crippen LogP contribution in [0.15, 0.2) is 36.4 Å². The third kappa shape index (κ3) is 4.62. The summed E-state index contributed by atoms with van der Waals surface area (Å²) in [6.45, 7) is 4.80. The summed E-state index contributed by atoms with van der Waals surface area (Å²) in [5, 5.41) is 4.62. The van der Waals surface area contributed by atoms with Crippen LogP contribution in [0.3, 0.4) is 0 Å². The summed E-state index contributed by atoms with van der Waals surface area (Å²) >= 11 is 11.9.